The van der Waals surface area contributed by atoms with E-state index in [-0.39, 0.29) is 5.91 Å². The normalized spacial score (nSPS) is 10.2. The molecule has 0 aliphatic heterocycles. The third kappa shape index (κ3) is 5.38. The maximum Gasteiger partial charge on any atom is 0.255 e. The average molecular weight is 394 g/mol. The van der Waals surface area contributed by atoms with Crippen LogP contribution in [0.5, 0.6) is 11.5 Å². The van der Waals surface area contributed by atoms with Gasteiger partial charge < -0.3 is 14.8 Å². The molecule has 1 N–H and O–H groups in total. The van der Waals surface area contributed by atoms with Crippen molar-refractivity contribution in [3.05, 3.63) is 102 Å². The smallest absolute Gasteiger partial charge is 0.255 e. The number of amides is 1. The number of halogens is 1. The Morgan fingerprint density at radius 2 is 1.71 bits per heavy atom. The van der Waals surface area contributed by atoms with Gasteiger partial charge >= 0.3 is 0 Å². The van der Waals surface area contributed by atoms with E-state index in [9.17, 15) is 4.79 Å². The van der Waals surface area contributed by atoms with Gasteiger partial charge in [-0.3, -0.25) is 4.79 Å². The summed E-state index contributed by atoms with van der Waals surface area (Å²) < 4.78 is 11.3. The molecule has 0 aliphatic carbocycles. The third-order valence-electron chi connectivity index (χ3n) is 3.91. The molecular formula is C23H20ClNO3. The maximum absolute atomic E-state index is 12.6. The highest BCUT2D eigenvalue weighted by Crippen LogP contribution is 2.21. The second kappa shape index (κ2) is 9.62. The number of benzene rings is 3. The molecule has 0 fully saturated rings. The first kappa shape index (κ1) is 19.5. The first-order chi connectivity index (χ1) is 13.7. The molecule has 4 nitrogen and oxygen atoms in total. The monoisotopic (exact) mass is 393 g/mol. The van der Waals surface area contributed by atoms with E-state index in [1.54, 1.807) is 42.5 Å². The van der Waals surface area contributed by atoms with Crippen molar-refractivity contribution in [1.82, 2.24) is 0 Å². The van der Waals surface area contributed by atoms with Gasteiger partial charge in [-0.25, -0.2) is 0 Å². The summed E-state index contributed by atoms with van der Waals surface area (Å²) in [6.45, 7) is 4.35. The van der Waals surface area contributed by atoms with Gasteiger partial charge in [-0.15, -0.1) is 0 Å². The van der Waals surface area contributed by atoms with E-state index in [1.165, 1.54) is 0 Å². The van der Waals surface area contributed by atoms with Gasteiger partial charge in [-0.2, -0.15) is 0 Å². The molecule has 0 aromatic heterocycles. The first-order valence-corrected chi connectivity index (χ1v) is 9.15. The number of hydrogen-bond donors (Lipinski definition) is 1. The Labute approximate surface area is 169 Å². The molecule has 0 radical (unpaired) electrons. The number of carbonyl (C=O) groups is 1. The molecule has 142 valence electrons. The molecular weight excluding hydrogens is 374 g/mol. The molecule has 0 bridgehead atoms. The summed E-state index contributed by atoms with van der Waals surface area (Å²) in [6, 6.07) is 21.7. The van der Waals surface area contributed by atoms with E-state index < -0.39 is 0 Å². The summed E-state index contributed by atoms with van der Waals surface area (Å²) in [5.74, 6) is 1.02. The summed E-state index contributed by atoms with van der Waals surface area (Å²) in [5, 5.41) is 3.51. The lowest BCUT2D eigenvalue weighted by atomic mass is 10.2. The van der Waals surface area contributed by atoms with Crippen LogP contribution in [0.3, 0.4) is 0 Å². The molecule has 3 rings (SSSR count). The molecule has 5 heteroatoms. The van der Waals surface area contributed by atoms with Crippen molar-refractivity contribution in [3.8, 4) is 11.5 Å². The Hall–Kier alpha value is -3.24. The fourth-order valence-electron chi connectivity index (χ4n) is 2.53. The molecule has 3 aromatic rings. The predicted octanol–water partition coefficient (Wildman–Crippen LogP) is 5.74. The number of rotatable bonds is 8. The molecule has 0 spiro atoms. The highest BCUT2D eigenvalue weighted by molar-refractivity contribution is 6.31. The zero-order valence-corrected chi connectivity index (χ0v) is 16.0. The van der Waals surface area contributed by atoms with Gasteiger partial charge in [-0.1, -0.05) is 54.6 Å². The molecule has 0 aliphatic rings. The summed E-state index contributed by atoms with van der Waals surface area (Å²) in [5.41, 5.74) is 2.03. The molecule has 0 unspecified atom stereocenters. The van der Waals surface area contributed by atoms with Crippen LogP contribution in [0.25, 0.3) is 0 Å². The maximum atomic E-state index is 12.6. The molecule has 0 heterocycles. The van der Waals surface area contributed by atoms with Crippen LogP contribution in [-0.4, -0.2) is 12.5 Å². The van der Waals surface area contributed by atoms with E-state index >= 15 is 0 Å². The Morgan fingerprint density at radius 3 is 2.50 bits per heavy atom. The van der Waals surface area contributed by atoms with Crippen molar-refractivity contribution in [1.29, 1.82) is 0 Å². The van der Waals surface area contributed by atoms with Crippen LogP contribution in [0.2, 0.25) is 5.02 Å². The summed E-state index contributed by atoms with van der Waals surface area (Å²) in [7, 11) is 0. The van der Waals surface area contributed by atoms with Crippen molar-refractivity contribution in [3.63, 3.8) is 0 Å². The first-order valence-electron chi connectivity index (χ1n) is 8.77. The Bertz CT molecular complexity index is 971. The van der Waals surface area contributed by atoms with Crippen molar-refractivity contribution in [2.24, 2.45) is 0 Å². The van der Waals surface area contributed by atoms with E-state index in [2.05, 4.69) is 11.9 Å². The number of hydrogen-bond acceptors (Lipinski definition) is 3. The van der Waals surface area contributed by atoms with E-state index in [0.29, 0.717) is 41.0 Å². The Morgan fingerprint density at radius 1 is 0.964 bits per heavy atom. The molecule has 3 aromatic carbocycles. The number of ether oxygens (including phenoxy) is 2. The Balaban J connectivity index is 1.65. The van der Waals surface area contributed by atoms with Crippen LogP contribution < -0.4 is 14.8 Å². The minimum absolute atomic E-state index is 0.232. The van der Waals surface area contributed by atoms with Gasteiger partial charge in [0, 0.05) is 27.9 Å². The lowest BCUT2D eigenvalue weighted by molar-refractivity contribution is 0.102. The molecule has 28 heavy (non-hydrogen) atoms. The fourth-order valence-corrected chi connectivity index (χ4v) is 2.72. The SMILES string of the molecule is C=CCOc1cccc(NC(=O)c2cccc(OCc3ccccc3Cl)c2)c1. The third-order valence-corrected chi connectivity index (χ3v) is 4.28. The predicted molar refractivity (Wildman–Crippen MR) is 112 cm³/mol. The summed E-state index contributed by atoms with van der Waals surface area (Å²) in [6.07, 6.45) is 1.67. The summed E-state index contributed by atoms with van der Waals surface area (Å²) in [4.78, 5) is 12.6. The van der Waals surface area contributed by atoms with Crippen LogP contribution >= 0.6 is 11.6 Å². The van der Waals surface area contributed by atoms with Crippen LogP contribution in [0.4, 0.5) is 5.69 Å². The van der Waals surface area contributed by atoms with Gasteiger partial charge in [-0.05, 0) is 36.4 Å². The van der Waals surface area contributed by atoms with Gasteiger partial charge in [0.05, 0.1) is 0 Å². The van der Waals surface area contributed by atoms with Gasteiger partial charge in [0.15, 0.2) is 0 Å². The van der Waals surface area contributed by atoms with Crippen LogP contribution in [0.15, 0.2) is 85.5 Å². The van der Waals surface area contributed by atoms with Crippen LogP contribution in [0.1, 0.15) is 15.9 Å². The fraction of sp³-hybridized carbons (Fsp3) is 0.0870. The van der Waals surface area contributed by atoms with E-state index in [4.69, 9.17) is 21.1 Å². The van der Waals surface area contributed by atoms with Crippen LogP contribution in [0, 0.1) is 0 Å². The van der Waals surface area contributed by atoms with Crippen molar-refractivity contribution < 1.29 is 14.3 Å². The molecule has 0 atom stereocenters. The van der Waals surface area contributed by atoms with E-state index in [1.807, 2.05) is 36.4 Å². The molecule has 0 saturated heterocycles. The zero-order valence-electron chi connectivity index (χ0n) is 15.2. The number of nitrogens with one attached hydrogen (secondary N) is 1. The van der Waals surface area contributed by atoms with Gasteiger partial charge in [0.1, 0.15) is 24.7 Å². The minimum atomic E-state index is -0.232. The van der Waals surface area contributed by atoms with Crippen LogP contribution in [-0.2, 0) is 6.61 Å². The molecule has 0 saturated carbocycles. The van der Waals surface area contributed by atoms with E-state index in [0.717, 1.165) is 5.56 Å². The largest absolute Gasteiger partial charge is 0.489 e. The standard InChI is InChI=1S/C23H20ClNO3/c1-2-13-27-21-11-6-9-19(15-21)25-23(26)17-8-5-10-20(14-17)28-16-18-7-3-4-12-22(18)24/h2-12,14-15H,1,13,16H2,(H,25,26). The average Bonchev–Trinajstić information content (AvgIpc) is 2.72. The zero-order chi connectivity index (χ0) is 19.8. The van der Waals surface area contributed by atoms with Gasteiger partial charge in [0.2, 0.25) is 0 Å². The van der Waals surface area contributed by atoms with Crippen molar-refractivity contribution in [2.75, 3.05) is 11.9 Å². The number of anilines is 1. The second-order valence-corrected chi connectivity index (χ2v) is 6.40. The minimum Gasteiger partial charge on any atom is -0.489 e. The summed E-state index contributed by atoms with van der Waals surface area (Å²) >= 11 is 6.15. The second-order valence-electron chi connectivity index (χ2n) is 5.99. The lowest BCUT2D eigenvalue weighted by Gasteiger charge is -2.10. The van der Waals surface area contributed by atoms with Crippen molar-refractivity contribution in [2.45, 2.75) is 6.61 Å². The highest BCUT2D eigenvalue weighted by atomic mass is 35.5. The van der Waals surface area contributed by atoms with Crippen molar-refractivity contribution >= 4 is 23.2 Å². The quantitative estimate of drug-likeness (QED) is 0.496. The topological polar surface area (TPSA) is 47.6 Å². The lowest BCUT2D eigenvalue weighted by Crippen LogP contribution is -2.12. The highest BCUT2D eigenvalue weighted by Gasteiger charge is 2.09. The van der Waals surface area contributed by atoms with Gasteiger partial charge in [0.25, 0.3) is 5.91 Å². The molecule has 1 amide bonds. The number of carbonyl (C=O) groups excluding carboxylic acids is 1. The Kier molecular flexibility index (Phi) is 6.71.